The van der Waals surface area contributed by atoms with Gasteiger partial charge in [-0.05, 0) is 23.6 Å². The van der Waals surface area contributed by atoms with Crippen LogP contribution in [-0.2, 0) is 14.3 Å². The van der Waals surface area contributed by atoms with Crippen LogP contribution in [0.25, 0.3) is 0 Å². The number of nitrogens with zero attached hydrogens (tertiary/aromatic N) is 2. The van der Waals surface area contributed by atoms with E-state index >= 15 is 0 Å². The van der Waals surface area contributed by atoms with Gasteiger partial charge in [0.2, 0.25) is 11.8 Å². The molecule has 2 aliphatic rings. The maximum atomic E-state index is 12.7. The number of carbonyl (C=O) groups is 2. The normalized spacial score (nSPS) is 17.7. The molecule has 1 aromatic carbocycles. The Morgan fingerprint density at radius 2 is 1.87 bits per heavy atom. The van der Waals surface area contributed by atoms with Crippen LogP contribution >= 0.6 is 11.3 Å². The summed E-state index contributed by atoms with van der Waals surface area (Å²) in [5.41, 5.74) is 0.777. The van der Waals surface area contributed by atoms with Crippen molar-refractivity contribution in [2.24, 2.45) is 0 Å². The van der Waals surface area contributed by atoms with Gasteiger partial charge in [-0.1, -0.05) is 18.2 Å². The lowest BCUT2D eigenvalue weighted by molar-refractivity contribution is -0.125. The number of carbonyl (C=O) groups excluding carboxylic acids is 2. The third-order valence-corrected chi connectivity index (χ3v) is 6.42. The minimum Gasteiger partial charge on any atom is -0.490 e. The van der Waals surface area contributed by atoms with Crippen molar-refractivity contribution >= 4 is 28.8 Å². The highest BCUT2D eigenvalue weighted by Gasteiger charge is 2.25. The molecule has 2 aromatic rings. The molecule has 1 unspecified atom stereocenters. The number of rotatable bonds is 7. The molecular weight excluding hydrogens is 402 g/mol. The number of thiophene rings is 1. The number of benzene rings is 1. The molecule has 1 atom stereocenters. The summed E-state index contributed by atoms with van der Waals surface area (Å²) in [5.74, 6) is 0.564. The molecule has 1 N–H and O–H groups in total. The second-order valence-electron chi connectivity index (χ2n) is 7.35. The molecule has 1 fully saturated rings. The zero-order chi connectivity index (χ0) is 20.8. The highest BCUT2D eigenvalue weighted by Crippen LogP contribution is 2.31. The van der Waals surface area contributed by atoms with Gasteiger partial charge in [0, 0.05) is 37.4 Å². The summed E-state index contributed by atoms with van der Waals surface area (Å²) < 4.78 is 11.1. The molecule has 0 bridgehead atoms. The Labute approximate surface area is 180 Å². The summed E-state index contributed by atoms with van der Waals surface area (Å²) in [6.45, 7) is 4.65. The third kappa shape index (κ3) is 5.00. The van der Waals surface area contributed by atoms with Gasteiger partial charge in [0.25, 0.3) is 0 Å². The lowest BCUT2D eigenvalue weighted by Crippen LogP contribution is -2.43. The number of hydrogen-bond donors (Lipinski definition) is 1. The van der Waals surface area contributed by atoms with Gasteiger partial charge < -0.3 is 19.7 Å². The van der Waals surface area contributed by atoms with Crippen LogP contribution in [0.4, 0.5) is 5.69 Å². The maximum absolute atomic E-state index is 12.7. The molecule has 0 aliphatic carbocycles. The summed E-state index contributed by atoms with van der Waals surface area (Å²) in [4.78, 5) is 30.5. The van der Waals surface area contributed by atoms with Crippen molar-refractivity contribution in [2.45, 2.75) is 18.9 Å². The lowest BCUT2D eigenvalue weighted by Gasteiger charge is -2.34. The minimum atomic E-state index is -0.0975. The van der Waals surface area contributed by atoms with Crippen LogP contribution in [0.15, 0.2) is 41.8 Å². The van der Waals surface area contributed by atoms with Gasteiger partial charge in [-0.15, -0.1) is 11.3 Å². The summed E-state index contributed by atoms with van der Waals surface area (Å²) in [5, 5.41) is 5.09. The largest absolute Gasteiger partial charge is 0.490 e. The van der Waals surface area contributed by atoms with Crippen LogP contribution in [0.5, 0.6) is 5.75 Å². The molecule has 3 heterocycles. The Hall–Kier alpha value is -2.42. The Bertz CT molecular complexity index is 852. The fraction of sp³-hybridized carbons (Fsp3) is 0.455. The van der Waals surface area contributed by atoms with Crippen molar-refractivity contribution in [3.63, 3.8) is 0 Å². The average molecular weight is 430 g/mol. The van der Waals surface area contributed by atoms with Gasteiger partial charge in [0.05, 0.1) is 31.5 Å². The highest BCUT2D eigenvalue weighted by atomic mass is 32.1. The van der Waals surface area contributed by atoms with Gasteiger partial charge in [-0.2, -0.15) is 0 Å². The Balaban J connectivity index is 1.29. The van der Waals surface area contributed by atoms with Crippen LogP contribution in [0.2, 0.25) is 0 Å². The summed E-state index contributed by atoms with van der Waals surface area (Å²) in [7, 11) is 0. The number of anilines is 1. The number of fused-ring (bicyclic) bond motifs is 1. The number of morpholine rings is 1. The van der Waals surface area contributed by atoms with Gasteiger partial charge in [-0.3, -0.25) is 14.5 Å². The lowest BCUT2D eigenvalue weighted by atomic mass is 10.1. The quantitative estimate of drug-likeness (QED) is 0.732. The van der Waals surface area contributed by atoms with E-state index in [9.17, 15) is 9.59 Å². The molecule has 0 spiro atoms. The molecule has 4 rings (SSSR count). The van der Waals surface area contributed by atoms with Gasteiger partial charge in [-0.25, -0.2) is 0 Å². The van der Waals surface area contributed by atoms with Crippen LogP contribution in [-0.4, -0.2) is 62.7 Å². The van der Waals surface area contributed by atoms with Crippen molar-refractivity contribution < 1.29 is 19.1 Å². The van der Waals surface area contributed by atoms with E-state index < -0.39 is 0 Å². The fourth-order valence-electron chi connectivity index (χ4n) is 3.86. The molecule has 0 radical (unpaired) electrons. The van der Waals surface area contributed by atoms with E-state index in [2.05, 4.69) is 21.7 Å². The first-order chi connectivity index (χ1) is 14.7. The fourth-order valence-corrected chi connectivity index (χ4v) is 4.72. The summed E-state index contributed by atoms with van der Waals surface area (Å²) in [6.07, 6.45) is 0.361. The molecule has 2 amide bonds. The first-order valence-electron chi connectivity index (χ1n) is 10.4. The number of hydrogen-bond acceptors (Lipinski definition) is 6. The zero-order valence-corrected chi connectivity index (χ0v) is 17.7. The molecule has 8 heteroatoms. The molecule has 2 aliphatic heterocycles. The third-order valence-electron chi connectivity index (χ3n) is 5.45. The van der Waals surface area contributed by atoms with Crippen molar-refractivity contribution in [3.8, 4) is 5.75 Å². The van der Waals surface area contributed by atoms with E-state index in [4.69, 9.17) is 9.47 Å². The number of para-hydroxylation sites is 2. The topological polar surface area (TPSA) is 71.1 Å². The first kappa shape index (κ1) is 20.8. The van der Waals surface area contributed by atoms with E-state index in [1.165, 1.54) is 4.88 Å². The molecule has 1 saturated heterocycles. The molecule has 1 aromatic heterocycles. The van der Waals surface area contributed by atoms with Crippen LogP contribution < -0.4 is 15.0 Å². The van der Waals surface area contributed by atoms with Gasteiger partial charge >= 0.3 is 0 Å². The van der Waals surface area contributed by atoms with Gasteiger partial charge in [0.1, 0.15) is 12.4 Å². The van der Waals surface area contributed by atoms with Crippen molar-refractivity contribution in [1.82, 2.24) is 10.2 Å². The minimum absolute atomic E-state index is 0.0520. The Morgan fingerprint density at radius 1 is 1.03 bits per heavy atom. The summed E-state index contributed by atoms with van der Waals surface area (Å²) in [6, 6.07) is 11.8. The first-order valence-corrected chi connectivity index (χ1v) is 11.2. The zero-order valence-electron chi connectivity index (χ0n) is 16.9. The van der Waals surface area contributed by atoms with Crippen LogP contribution in [0.3, 0.4) is 0 Å². The highest BCUT2D eigenvalue weighted by molar-refractivity contribution is 7.10. The van der Waals surface area contributed by atoms with Crippen molar-refractivity contribution in [1.29, 1.82) is 0 Å². The molecule has 160 valence electrons. The number of ether oxygens (including phenoxy) is 2. The predicted molar refractivity (Wildman–Crippen MR) is 116 cm³/mol. The van der Waals surface area contributed by atoms with E-state index in [1.807, 2.05) is 30.3 Å². The van der Waals surface area contributed by atoms with Crippen molar-refractivity contribution in [3.05, 3.63) is 46.7 Å². The second-order valence-corrected chi connectivity index (χ2v) is 8.32. The maximum Gasteiger partial charge on any atom is 0.227 e. The van der Waals surface area contributed by atoms with Crippen molar-refractivity contribution in [2.75, 3.05) is 50.9 Å². The Morgan fingerprint density at radius 3 is 2.67 bits per heavy atom. The standard InChI is InChI=1S/C22H27N3O4S/c26-21(7-8-22(27)25-11-14-29-19-5-2-1-4-17(19)25)23-16-18(20-6-3-15-30-20)24-9-12-28-13-10-24/h1-6,15,18H,7-14,16H2,(H,23,26). The summed E-state index contributed by atoms with van der Waals surface area (Å²) >= 11 is 1.70. The van der Waals surface area contributed by atoms with Crippen LogP contribution in [0, 0.1) is 0 Å². The number of nitrogens with one attached hydrogen (secondary N) is 1. The molecular formula is C22H27N3O4S. The SMILES string of the molecule is O=C(CCC(=O)N1CCOc2ccccc21)NCC(c1cccs1)N1CCOCC1. The van der Waals surface area contributed by atoms with E-state index in [-0.39, 0.29) is 30.7 Å². The predicted octanol–water partition coefficient (Wildman–Crippen LogP) is 2.44. The molecule has 30 heavy (non-hydrogen) atoms. The Kier molecular flexibility index (Phi) is 6.99. The monoisotopic (exact) mass is 429 g/mol. The van der Waals surface area contributed by atoms with Gasteiger partial charge in [0.15, 0.2) is 0 Å². The van der Waals surface area contributed by atoms with E-state index in [0.29, 0.717) is 38.7 Å². The molecule has 0 saturated carbocycles. The smallest absolute Gasteiger partial charge is 0.227 e. The van der Waals surface area contributed by atoms with E-state index in [0.717, 1.165) is 18.8 Å². The number of amides is 2. The molecule has 7 nitrogen and oxygen atoms in total. The average Bonchev–Trinajstić information content (AvgIpc) is 3.32. The second kappa shape index (κ2) is 10.1. The van der Waals surface area contributed by atoms with Crippen LogP contribution in [0.1, 0.15) is 23.8 Å². The van der Waals surface area contributed by atoms with E-state index in [1.54, 1.807) is 16.2 Å².